The van der Waals surface area contributed by atoms with Crippen molar-refractivity contribution in [3.63, 3.8) is 0 Å². The van der Waals surface area contributed by atoms with Gasteiger partial charge in [-0.05, 0) is 52.1 Å². The minimum Gasteiger partial charge on any atom is -0.323 e. The maximum Gasteiger partial charge on any atom is 0.0438 e. The smallest absolute Gasteiger partial charge is 0.0438 e. The number of rotatable bonds is 6. The van der Waals surface area contributed by atoms with Gasteiger partial charge in [0, 0.05) is 11.6 Å². The lowest BCUT2D eigenvalue weighted by molar-refractivity contribution is 0.0944. The summed E-state index contributed by atoms with van der Waals surface area (Å²) in [4.78, 5) is 2.53. The van der Waals surface area contributed by atoms with Crippen LogP contribution in [0.25, 0.3) is 0 Å². The van der Waals surface area contributed by atoms with Gasteiger partial charge in [-0.25, -0.2) is 0 Å². The molecule has 0 aromatic rings. The van der Waals surface area contributed by atoms with E-state index in [1.807, 2.05) is 0 Å². The lowest BCUT2D eigenvalue weighted by Crippen LogP contribution is -2.58. The number of allylic oxidation sites excluding steroid dienone is 1. The monoisotopic (exact) mass is 252 g/mol. The molecule has 0 amide bonds. The first-order valence-electron chi connectivity index (χ1n) is 7.79. The number of nitrogens with two attached hydrogens (primary N) is 1. The van der Waals surface area contributed by atoms with Crippen molar-refractivity contribution in [2.24, 2.45) is 5.73 Å². The molecule has 2 heteroatoms. The summed E-state index contributed by atoms with van der Waals surface area (Å²) in [7, 11) is 0. The molecular formula is C16H32N2. The van der Waals surface area contributed by atoms with Gasteiger partial charge in [-0.2, -0.15) is 0 Å². The number of hydrogen-bond donors (Lipinski definition) is 1. The summed E-state index contributed by atoms with van der Waals surface area (Å²) in [5.74, 6) is 0. The summed E-state index contributed by atoms with van der Waals surface area (Å²) in [6.07, 6.45) is 9.99. The third kappa shape index (κ3) is 3.36. The van der Waals surface area contributed by atoms with E-state index < -0.39 is 0 Å². The van der Waals surface area contributed by atoms with Crippen molar-refractivity contribution in [2.45, 2.75) is 77.8 Å². The van der Waals surface area contributed by atoms with Gasteiger partial charge in [0.2, 0.25) is 0 Å². The van der Waals surface area contributed by atoms with Crippen LogP contribution in [-0.4, -0.2) is 29.6 Å². The second kappa shape index (κ2) is 7.30. The standard InChI is InChI=1S/C16H32N2/c1-5-16(4,18(6-2)7-3)15(17)14-12-10-8-9-11-13-14/h12,15H,5-11,13,17H2,1-4H3. The topological polar surface area (TPSA) is 29.3 Å². The zero-order chi connectivity index (χ0) is 13.6. The Morgan fingerprint density at radius 1 is 1.22 bits per heavy atom. The van der Waals surface area contributed by atoms with Crippen molar-refractivity contribution in [3.05, 3.63) is 11.6 Å². The summed E-state index contributed by atoms with van der Waals surface area (Å²) < 4.78 is 0. The van der Waals surface area contributed by atoms with Gasteiger partial charge >= 0.3 is 0 Å². The van der Waals surface area contributed by atoms with E-state index in [4.69, 9.17) is 5.73 Å². The normalized spacial score (nSPS) is 22.2. The third-order valence-corrected chi connectivity index (χ3v) is 4.85. The Morgan fingerprint density at radius 3 is 2.44 bits per heavy atom. The highest BCUT2D eigenvalue weighted by Gasteiger charge is 2.36. The van der Waals surface area contributed by atoms with Crippen molar-refractivity contribution < 1.29 is 0 Å². The second-order valence-corrected chi connectivity index (χ2v) is 5.74. The van der Waals surface area contributed by atoms with Gasteiger partial charge in [0.25, 0.3) is 0 Å². The molecule has 0 radical (unpaired) electrons. The van der Waals surface area contributed by atoms with Gasteiger partial charge in [-0.15, -0.1) is 0 Å². The van der Waals surface area contributed by atoms with E-state index in [0.717, 1.165) is 19.5 Å². The van der Waals surface area contributed by atoms with Crippen LogP contribution in [-0.2, 0) is 0 Å². The Hall–Kier alpha value is -0.340. The highest BCUT2D eigenvalue weighted by atomic mass is 15.2. The van der Waals surface area contributed by atoms with Crippen LogP contribution < -0.4 is 5.73 Å². The zero-order valence-corrected chi connectivity index (χ0v) is 12.8. The van der Waals surface area contributed by atoms with E-state index in [-0.39, 0.29) is 11.6 Å². The molecule has 0 aromatic heterocycles. The van der Waals surface area contributed by atoms with Gasteiger partial charge in [0.1, 0.15) is 0 Å². The third-order valence-electron chi connectivity index (χ3n) is 4.85. The highest BCUT2D eigenvalue weighted by molar-refractivity contribution is 5.18. The van der Waals surface area contributed by atoms with Crippen molar-refractivity contribution >= 4 is 0 Å². The van der Waals surface area contributed by atoms with Crippen LogP contribution in [0, 0.1) is 0 Å². The van der Waals surface area contributed by atoms with Gasteiger partial charge in [0.05, 0.1) is 0 Å². The maximum absolute atomic E-state index is 6.65. The first kappa shape index (κ1) is 15.7. The number of nitrogens with zero attached hydrogens (tertiary/aromatic N) is 1. The van der Waals surface area contributed by atoms with E-state index in [1.54, 1.807) is 0 Å². The Kier molecular flexibility index (Phi) is 6.37. The first-order chi connectivity index (χ1) is 8.60. The molecule has 2 unspecified atom stereocenters. The molecule has 1 rings (SSSR count). The quantitative estimate of drug-likeness (QED) is 0.730. The second-order valence-electron chi connectivity index (χ2n) is 5.74. The van der Waals surface area contributed by atoms with Crippen LogP contribution >= 0.6 is 0 Å². The number of hydrogen-bond acceptors (Lipinski definition) is 2. The molecule has 0 saturated heterocycles. The fourth-order valence-electron chi connectivity index (χ4n) is 3.31. The van der Waals surface area contributed by atoms with Gasteiger partial charge in [-0.3, -0.25) is 4.90 Å². The molecule has 2 atom stereocenters. The minimum absolute atomic E-state index is 0.111. The predicted molar refractivity (Wildman–Crippen MR) is 80.8 cm³/mol. The van der Waals surface area contributed by atoms with Crippen molar-refractivity contribution in [3.8, 4) is 0 Å². The van der Waals surface area contributed by atoms with Crippen LogP contribution in [0.4, 0.5) is 0 Å². The fraction of sp³-hybridized carbons (Fsp3) is 0.875. The molecule has 0 fully saturated rings. The SMILES string of the molecule is CCN(CC)C(C)(CC)C(N)C1=CCCCCC1. The number of likely N-dealkylation sites (N-methyl/N-ethyl adjacent to an activating group) is 1. The molecule has 0 aliphatic heterocycles. The molecule has 0 saturated carbocycles. The molecule has 0 heterocycles. The van der Waals surface area contributed by atoms with E-state index in [9.17, 15) is 0 Å². The summed E-state index contributed by atoms with van der Waals surface area (Å²) in [5.41, 5.74) is 8.26. The highest BCUT2D eigenvalue weighted by Crippen LogP contribution is 2.30. The lowest BCUT2D eigenvalue weighted by Gasteiger charge is -2.45. The summed E-state index contributed by atoms with van der Waals surface area (Å²) >= 11 is 0. The molecule has 0 bridgehead atoms. The average Bonchev–Trinajstić information content (AvgIpc) is 2.67. The van der Waals surface area contributed by atoms with Gasteiger partial charge in [-0.1, -0.05) is 38.8 Å². The molecule has 1 aliphatic carbocycles. The van der Waals surface area contributed by atoms with Crippen molar-refractivity contribution in [2.75, 3.05) is 13.1 Å². The molecule has 18 heavy (non-hydrogen) atoms. The molecule has 2 N–H and O–H groups in total. The van der Waals surface area contributed by atoms with E-state index in [2.05, 4.69) is 38.7 Å². The van der Waals surface area contributed by atoms with Crippen LogP contribution in [0.3, 0.4) is 0 Å². The fourth-order valence-corrected chi connectivity index (χ4v) is 3.31. The molecule has 1 aliphatic rings. The maximum atomic E-state index is 6.65. The zero-order valence-electron chi connectivity index (χ0n) is 12.8. The molecule has 0 spiro atoms. The van der Waals surface area contributed by atoms with Gasteiger partial charge in [0.15, 0.2) is 0 Å². The molecular weight excluding hydrogens is 220 g/mol. The van der Waals surface area contributed by atoms with Crippen LogP contribution in [0.5, 0.6) is 0 Å². The average molecular weight is 252 g/mol. The summed E-state index contributed by atoms with van der Waals surface area (Å²) in [6, 6.07) is 0.195. The first-order valence-corrected chi connectivity index (χ1v) is 7.79. The Morgan fingerprint density at radius 2 is 1.89 bits per heavy atom. The predicted octanol–water partition coefficient (Wildman–Crippen LogP) is 3.71. The Balaban J connectivity index is 2.88. The van der Waals surface area contributed by atoms with Crippen LogP contribution in [0.1, 0.15) is 66.2 Å². The van der Waals surface area contributed by atoms with E-state index in [1.165, 1.54) is 37.7 Å². The Labute approximate surface area is 114 Å². The van der Waals surface area contributed by atoms with E-state index >= 15 is 0 Å². The Bertz CT molecular complexity index is 268. The molecule has 2 nitrogen and oxygen atoms in total. The van der Waals surface area contributed by atoms with Crippen molar-refractivity contribution in [1.29, 1.82) is 0 Å². The summed E-state index contributed by atoms with van der Waals surface area (Å²) in [6.45, 7) is 11.3. The van der Waals surface area contributed by atoms with Crippen LogP contribution in [0.2, 0.25) is 0 Å². The van der Waals surface area contributed by atoms with Gasteiger partial charge < -0.3 is 5.73 Å². The minimum atomic E-state index is 0.111. The largest absolute Gasteiger partial charge is 0.323 e. The summed E-state index contributed by atoms with van der Waals surface area (Å²) in [5, 5.41) is 0. The molecule has 106 valence electrons. The van der Waals surface area contributed by atoms with Crippen LogP contribution in [0.15, 0.2) is 11.6 Å². The van der Waals surface area contributed by atoms with Crippen molar-refractivity contribution in [1.82, 2.24) is 4.90 Å². The van der Waals surface area contributed by atoms with E-state index in [0.29, 0.717) is 0 Å². The molecule has 0 aromatic carbocycles. The lowest BCUT2D eigenvalue weighted by atomic mass is 9.81.